The fraction of sp³-hybridized carbons (Fsp3) is 0.500. The van der Waals surface area contributed by atoms with Crippen molar-refractivity contribution in [2.45, 2.75) is 32.6 Å². The smallest absolute Gasteiger partial charge is 0.235 e. The minimum absolute atomic E-state index is 0.435. The lowest BCUT2D eigenvalue weighted by atomic mass is 10.2. The van der Waals surface area contributed by atoms with E-state index in [0.29, 0.717) is 12.2 Å². The maximum Gasteiger partial charge on any atom is 0.235 e. The summed E-state index contributed by atoms with van der Waals surface area (Å²) >= 11 is 0. The predicted molar refractivity (Wildman–Crippen MR) is 71.5 cm³/mol. The fourth-order valence-corrected chi connectivity index (χ4v) is 2.05. The molecular formula is C12H20N2O2S. The number of para-hydroxylation sites is 1. The van der Waals surface area contributed by atoms with Crippen molar-refractivity contribution in [3.05, 3.63) is 29.8 Å². The third-order valence-electron chi connectivity index (χ3n) is 2.46. The Labute approximate surface area is 103 Å². The van der Waals surface area contributed by atoms with Crippen molar-refractivity contribution in [1.82, 2.24) is 5.32 Å². The Kier molecular flexibility index (Phi) is 4.96. The number of nitrogens with one attached hydrogen (secondary N) is 2. The maximum atomic E-state index is 11.8. The van der Waals surface area contributed by atoms with Crippen LogP contribution < -0.4 is 10.0 Å². The summed E-state index contributed by atoms with van der Waals surface area (Å²) in [5.41, 5.74) is 1.61. The van der Waals surface area contributed by atoms with E-state index in [1.165, 1.54) is 0 Å². The van der Waals surface area contributed by atoms with Gasteiger partial charge in [0.2, 0.25) is 10.0 Å². The van der Waals surface area contributed by atoms with Crippen LogP contribution in [0.25, 0.3) is 0 Å². The molecule has 4 nitrogen and oxygen atoms in total. The summed E-state index contributed by atoms with van der Waals surface area (Å²) in [5, 5.41) is 2.75. The van der Waals surface area contributed by atoms with E-state index in [0.717, 1.165) is 12.1 Å². The highest BCUT2D eigenvalue weighted by Crippen LogP contribution is 2.17. The summed E-state index contributed by atoms with van der Waals surface area (Å²) < 4.78 is 26.2. The zero-order chi connectivity index (χ0) is 12.9. The summed E-state index contributed by atoms with van der Waals surface area (Å²) in [6.45, 7) is 6.85. The van der Waals surface area contributed by atoms with E-state index in [-0.39, 0.29) is 0 Å². The predicted octanol–water partition coefficient (Wildman–Crippen LogP) is 1.95. The van der Waals surface area contributed by atoms with E-state index in [2.05, 4.69) is 10.0 Å². The minimum Gasteiger partial charge on any atom is -0.313 e. The first-order valence-corrected chi connectivity index (χ1v) is 7.32. The second-order valence-electron chi connectivity index (χ2n) is 4.13. The number of hydrogen-bond donors (Lipinski definition) is 2. The van der Waals surface area contributed by atoms with Crippen LogP contribution in [0.3, 0.4) is 0 Å². The highest BCUT2D eigenvalue weighted by molar-refractivity contribution is 7.93. The highest BCUT2D eigenvalue weighted by Gasteiger charge is 2.16. The molecule has 0 saturated heterocycles. The lowest BCUT2D eigenvalue weighted by molar-refractivity contribution is 0.592. The van der Waals surface area contributed by atoms with Crippen LogP contribution in [0.1, 0.15) is 26.3 Å². The van der Waals surface area contributed by atoms with Gasteiger partial charge >= 0.3 is 0 Å². The molecular weight excluding hydrogens is 236 g/mol. The number of hydrogen-bond acceptors (Lipinski definition) is 3. The Hall–Kier alpha value is -1.07. The molecule has 0 radical (unpaired) electrons. The van der Waals surface area contributed by atoms with Crippen LogP contribution in [0.2, 0.25) is 0 Å². The van der Waals surface area contributed by atoms with E-state index in [1.807, 2.05) is 25.1 Å². The number of rotatable bonds is 6. The lowest BCUT2D eigenvalue weighted by Gasteiger charge is -2.14. The van der Waals surface area contributed by atoms with E-state index < -0.39 is 15.3 Å². The summed E-state index contributed by atoms with van der Waals surface area (Å²) in [5.74, 6) is 0. The Morgan fingerprint density at radius 1 is 1.24 bits per heavy atom. The van der Waals surface area contributed by atoms with Crippen LogP contribution in [0.5, 0.6) is 0 Å². The van der Waals surface area contributed by atoms with Crippen LogP contribution in [0.4, 0.5) is 5.69 Å². The van der Waals surface area contributed by atoms with Gasteiger partial charge in [-0.3, -0.25) is 4.72 Å². The summed E-state index contributed by atoms with van der Waals surface area (Å²) in [6, 6.07) is 7.43. The van der Waals surface area contributed by atoms with Gasteiger partial charge in [0.1, 0.15) is 0 Å². The SMILES string of the molecule is CCNCc1ccccc1NS(=O)(=O)C(C)C. The molecule has 0 aliphatic heterocycles. The monoisotopic (exact) mass is 256 g/mol. The van der Waals surface area contributed by atoms with Gasteiger partial charge in [0.05, 0.1) is 10.9 Å². The number of anilines is 1. The number of sulfonamides is 1. The van der Waals surface area contributed by atoms with Crippen LogP contribution in [-0.4, -0.2) is 20.2 Å². The molecule has 0 atom stereocenters. The van der Waals surface area contributed by atoms with Crippen LogP contribution >= 0.6 is 0 Å². The maximum absolute atomic E-state index is 11.8. The van der Waals surface area contributed by atoms with E-state index in [9.17, 15) is 8.42 Å². The Balaban J connectivity index is 2.91. The topological polar surface area (TPSA) is 58.2 Å². The molecule has 1 aromatic carbocycles. The van der Waals surface area contributed by atoms with Crippen molar-refractivity contribution in [3.63, 3.8) is 0 Å². The summed E-state index contributed by atoms with van der Waals surface area (Å²) in [7, 11) is -3.28. The average Bonchev–Trinajstić information content (AvgIpc) is 2.27. The first-order chi connectivity index (χ1) is 7.97. The van der Waals surface area contributed by atoms with E-state index in [1.54, 1.807) is 19.9 Å². The summed E-state index contributed by atoms with van der Waals surface area (Å²) in [6.07, 6.45) is 0. The van der Waals surface area contributed by atoms with Gasteiger partial charge in [-0.2, -0.15) is 0 Å². The molecule has 5 heteroatoms. The van der Waals surface area contributed by atoms with Gasteiger partial charge in [0.15, 0.2) is 0 Å². The molecule has 0 unspecified atom stereocenters. The molecule has 2 N–H and O–H groups in total. The third kappa shape index (κ3) is 4.02. The Morgan fingerprint density at radius 3 is 2.47 bits per heavy atom. The molecule has 0 heterocycles. The van der Waals surface area contributed by atoms with Crippen molar-refractivity contribution < 1.29 is 8.42 Å². The van der Waals surface area contributed by atoms with Crippen molar-refractivity contribution >= 4 is 15.7 Å². The van der Waals surface area contributed by atoms with Gasteiger partial charge in [0.25, 0.3) is 0 Å². The first kappa shape index (κ1) is 14.0. The molecule has 1 rings (SSSR count). The molecule has 0 spiro atoms. The number of benzene rings is 1. The third-order valence-corrected chi connectivity index (χ3v) is 4.20. The molecule has 17 heavy (non-hydrogen) atoms. The van der Waals surface area contributed by atoms with Crippen molar-refractivity contribution in [2.24, 2.45) is 0 Å². The highest BCUT2D eigenvalue weighted by atomic mass is 32.2. The quantitative estimate of drug-likeness (QED) is 0.818. The average molecular weight is 256 g/mol. The van der Waals surface area contributed by atoms with Gasteiger partial charge in [-0.25, -0.2) is 8.42 Å². The fourth-order valence-electron chi connectivity index (χ4n) is 1.30. The van der Waals surface area contributed by atoms with Gasteiger partial charge < -0.3 is 5.32 Å². The molecule has 0 aliphatic rings. The van der Waals surface area contributed by atoms with Gasteiger partial charge in [-0.05, 0) is 32.0 Å². The van der Waals surface area contributed by atoms with Crippen LogP contribution in [-0.2, 0) is 16.6 Å². The summed E-state index contributed by atoms with van der Waals surface area (Å²) in [4.78, 5) is 0. The zero-order valence-electron chi connectivity index (χ0n) is 10.5. The standard InChI is InChI=1S/C12H20N2O2S/c1-4-13-9-11-7-5-6-8-12(11)14-17(15,16)10(2)3/h5-8,10,13-14H,4,9H2,1-3H3. The molecule has 0 aliphatic carbocycles. The molecule has 96 valence electrons. The Morgan fingerprint density at radius 2 is 1.88 bits per heavy atom. The van der Waals surface area contributed by atoms with Gasteiger partial charge in [-0.1, -0.05) is 25.1 Å². The van der Waals surface area contributed by atoms with Crippen LogP contribution in [0.15, 0.2) is 24.3 Å². The molecule has 0 aromatic heterocycles. The second kappa shape index (κ2) is 6.02. The molecule has 0 bridgehead atoms. The van der Waals surface area contributed by atoms with Crippen molar-refractivity contribution in [1.29, 1.82) is 0 Å². The first-order valence-electron chi connectivity index (χ1n) is 5.77. The second-order valence-corrected chi connectivity index (χ2v) is 6.37. The molecule has 0 fully saturated rings. The lowest BCUT2D eigenvalue weighted by Crippen LogP contribution is -2.24. The van der Waals surface area contributed by atoms with E-state index >= 15 is 0 Å². The molecule has 0 amide bonds. The van der Waals surface area contributed by atoms with Crippen LogP contribution in [0, 0.1) is 0 Å². The van der Waals surface area contributed by atoms with Gasteiger partial charge in [-0.15, -0.1) is 0 Å². The normalized spacial score (nSPS) is 11.8. The van der Waals surface area contributed by atoms with Crippen molar-refractivity contribution in [3.8, 4) is 0 Å². The van der Waals surface area contributed by atoms with Crippen molar-refractivity contribution in [2.75, 3.05) is 11.3 Å². The molecule has 0 saturated carbocycles. The van der Waals surface area contributed by atoms with Gasteiger partial charge in [0, 0.05) is 6.54 Å². The Bertz CT molecular complexity index is 455. The largest absolute Gasteiger partial charge is 0.313 e. The molecule has 1 aromatic rings. The minimum atomic E-state index is -3.28. The zero-order valence-corrected chi connectivity index (χ0v) is 11.3. The van der Waals surface area contributed by atoms with E-state index in [4.69, 9.17) is 0 Å².